The Kier molecular flexibility index (Phi) is 8.31. The Hall–Kier alpha value is -0.160. The number of hydrogen-bond donors (Lipinski definition) is 2. The van der Waals surface area contributed by atoms with E-state index >= 15 is 0 Å². The molecular formula is C19H40N4. The zero-order valence-corrected chi connectivity index (χ0v) is 16.0. The lowest BCUT2D eigenvalue weighted by Crippen LogP contribution is -2.47. The van der Waals surface area contributed by atoms with Crippen molar-refractivity contribution in [2.45, 2.75) is 58.5 Å². The summed E-state index contributed by atoms with van der Waals surface area (Å²) in [5.74, 6) is 1.69. The van der Waals surface area contributed by atoms with E-state index < -0.39 is 0 Å². The first kappa shape index (κ1) is 19.2. The monoisotopic (exact) mass is 324 g/mol. The zero-order valence-electron chi connectivity index (χ0n) is 16.0. The van der Waals surface area contributed by atoms with Crippen LogP contribution in [0.5, 0.6) is 0 Å². The first-order valence-electron chi connectivity index (χ1n) is 9.90. The normalized spacial score (nSPS) is 29.1. The molecule has 2 rings (SSSR count). The van der Waals surface area contributed by atoms with Crippen LogP contribution in [-0.2, 0) is 0 Å². The van der Waals surface area contributed by atoms with Gasteiger partial charge in [0.05, 0.1) is 0 Å². The van der Waals surface area contributed by atoms with Crippen LogP contribution in [0.3, 0.4) is 0 Å². The first-order chi connectivity index (χ1) is 11.0. The molecule has 2 aliphatic rings. The Labute approximate surface area is 144 Å². The van der Waals surface area contributed by atoms with Crippen LogP contribution in [0, 0.1) is 11.8 Å². The molecule has 2 saturated heterocycles. The predicted molar refractivity (Wildman–Crippen MR) is 100.0 cm³/mol. The van der Waals surface area contributed by atoms with Crippen molar-refractivity contribution in [2.24, 2.45) is 11.8 Å². The number of likely N-dealkylation sites (tertiary alicyclic amines) is 2. The van der Waals surface area contributed by atoms with E-state index in [1.165, 1.54) is 71.5 Å². The number of nitrogens with one attached hydrogen (secondary N) is 2. The van der Waals surface area contributed by atoms with Gasteiger partial charge in [-0.25, -0.2) is 0 Å². The minimum atomic E-state index is 0.610. The largest absolute Gasteiger partial charge is 0.314 e. The average molecular weight is 325 g/mol. The van der Waals surface area contributed by atoms with Gasteiger partial charge in [-0.2, -0.15) is 0 Å². The van der Waals surface area contributed by atoms with Gasteiger partial charge >= 0.3 is 0 Å². The van der Waals surface area contributed by atoms with Gasteiger partial charge < -0.3 is 20.4 Å². The fraction of sp³-hybridized carbons (Fsp3) is 1.00. The fourth-order valence-electron chi connectivity index (χ4n) is 4.15. The van der Waals surface area contributed by atoms with E-state index in [9.17, 15) is 0 Å². The highest BCUT2D eigenvalue weighted by atomic mass is 15.2. The molecule has 0 aromatic heterocycles. The Morgan fingerprint density at radius 3 is 2.26 bits per heavy atom. The molecule has 2 heterocycles. The lowest BCUT2D eigenvalue weighted by Gasteiger charge is -2.36. The number of nitrogens with zero attached hydrogens (tertiary/aromatic N) is 2. The molecule has 0 amide bonds. The third-order valence-corrected chi connectivity index (χ3v) is 5.43. The Bertz CT molecular complexity index is 320. The maximum Gasteiger partial charge on any atom is 0.0166 e. The van der Waals surface area contributed by atoms with Gasteiger partial charge in [0.25, 0.3) is 0 Å². The third kappa shape index (κ3) is 7.51. The van der Waals surface area contributed by atoms with Crippen molar-refractivity contribution in [3.8, 4) is 0 Å². The van der Waals surface area contributed by atoms with Gasteiger partial charge in [0.2, 0.25) is 0 Å². The maximum atomic E-state index is 3.80. The summed E-state index contributed by atoms with van der Waals surface area (Å²) in [5, 5.41) is 7.42. The molecule has 2 aliphatic heterocycles. The summed E-state index contributed by atoms with van der Waals surface area (Å²) in [6.45, 7) is 15.6. The van der Waals surface area contributed by atoms with Crippen molar-refractivity contribution in [2.75, 3.05) is 52.9 Å². The van der Waals surface area contributed by atoms with Gasteiger partial charge in [-0.3, -0.25) is 0 Å². The quantitative estimate of drug-likeness (QED) is 0.715. The van der Waals surface area contributed by atoms with Crippen molar-refractivity contribution >= 4 is 0 Å². The highest BCUT2D eigenvalue weighted by molar-refractivity contribution is 4.79. The number of hydrogen-bond acceptors (Lipinski definition) is 4. The summed E-state index contributed by atoms with van der Waals surface area (Å²) in [7, 11) is 2.26. The molecular weight excluding hydrogens is 284 g/mol. The smallest absolute Gasteiger partial charge is 0.0166 e. The second kappa shape index (κ2) is 9.97. The van der Waals surface area contributed by atoms with Crippen LogP contribution >= 0.6 is 0 Å². The van der Waals surface area contributed by atoms with Crippen molar-refractivity contribution in [1.29, 1.82) is 0 Å². The molecule has 2 N–H and O–H groups in total. The van der Waals surface area contributed by atoms with Crippen molar-refractivity contribution in [3.63, 3.8) is 0 Å². The highest BCUT2D eigenvalue weighted by Crippen LogP contribution is 2.17. The topological polar surface area (TPSA) is 30.5 Å². The Balaban J connectivity index is 1.62. The van der Waals surface area contributed by atoms with Gasteiger partial charge in [-0.05, 0) is 77.7 Å². The molecule has 4 heteroatoms. The minimum absolute atomic E-state index is 0.610. The summed E-state index contributed by atoms with van der Waals surface area (Å²) < 4.78 is 0. The molecule has 0 radical (unpaired) electrons. The molecule has 0 aliphatic carbocycles. The molecule has 4 nitrogen and oxygen atoms in total. The minimum Gasteiger partial charge on any atom is -0.314 e. The van der Waals surface area contributed by atoms with E-state index in [0.717, 1.165) is 11.8 Å². The summed E-state index contributed by atoms with van der Waals surface area (Å²) in [6, 6.07) is 1.22. The molecule has 2 fully saturated rings. The van der Waals surface area contributed by atoms with Crippen LogP contribution in [0.1, 0.15) is 46.5 Å². The SMILES string of the molecule is CC(C)NCC1CCCN(CC(C)NCC2CCCN(C)C2)C1. The maximum absolute atomic E-state index is 3.80. The van der Waals surface area contributed by atoms with E-state index in [4.69, 9.17) is 0 Å². The van der Waals surface area contributed by atoms with Gasteiger partial charge in [0.15, 0.2) is 0 Å². The van der Waals surface area contributed by atoms with E-state index in [2.05, 4.69) is 48.3 Å². The Morgan fingerprint density at radius 2 is 1.57 bits per heavy atom. The van der Waals surface area contributed by atoms with Gasteiger partial charge in [0, 0.05) is 31.7 Å². The zero-order chi connectivity index (χ0) is 16.7. The molecule has 0 aromatic rings. The van der Waals surface area contributed by atoms with Crippen LogP contribution in [0.25, 0.3) is 0 Å². The molecule has 23 heavy (non-hydrogen) atoms. The standard InChI is InChI=1S/C19H40N4/c1-16(2)20-11-19-8-6-10-23(15-19)13-17(3)21-12-18-7-5-9-22(4)14-18/h16-21H,5-15H2,1-4H3. The summed E-state index contributed by atoms with van der Waals surface area (Å²) in [5.41, 5.74) is 0. The lowest BCUT2D eigenvalue weighted by molar-refractivity contribution is 0.153. The summed E-state index contributed by atoms with van der Waals surface area (Å²) >= 11 is 0. The molecule has 3 unspecified atom stereocenters. The summed E-state index contributed by atoms with van der Waals surface area (Å²) in [4.78, 5) is 5.16. The van der Waals surface area contributed by atoms with Crippen molar-refractivity contribution in [1.82, 2.24) is 20.4 Å². The van der Waals surface area contributed by atoms with Gasteiger partial charge in [0.1, 0.15) is 0 Å². The number of rotatable bonds is 8. The Morgan fingerprint density at radius 1 is 0.913 bits per heavy atom. The predicted octanol–water partition coefficient (Wildman–Crippen LogP) is 2.02. The average Bonchev–Trinajstić information content (AvgIpc) is 2.51. The second-order valence-corrected chi connectivity index (χ2v) is 8.41. The van der Waals surface area contributed by atoms with Crippen molar-refractivity contribution < 1.29 is 0 Å². The van der Waals surface area contributed by atoms with Crippen molar-refractivity contribution in [3.05, 3.63) is 0 Å². The fourth-order valence-corrected chi connectivity index (χ4v) is 4.15. The number of piperidine rings is 2. The van der Waals surface area contributed by atoms with Crippen LogP contribution in [0.2, 0.25) is 0 Å². The van der Waals surface area contributed by atoms with Crippen LogP contribution < -0.4 is 10.6 Å². The lowest BCUT2D eigenvalue weighted by atomic mass is 9.97. The summed E-state index contributed by atoms with van der Waals surface area (Å²) in [6.07, 6.45) is 5.53. The molecule has 3 atom stereocenters. The molecule has 0 bridgehead atoms. The van der Waals surface area contributed by atoms with E-state index in [1.54, 1.807) is 0 Å². The van der Waals surface area contributed by atoms with Gasteiger partial charge in [-0.1, -0.05) is 13.8 Å². The van der Waals surface area contributed by atoms with E-state index in [-0.39, 0.29) is 0 Å². The first-order valence-corrected chi connectivity index (χ1v) is 9.90. The molecule has 136 valence electrons. The molecule has 0 saturated carbocycles. The van der Waals surface area contributed by atoms with Crippen LogP contribution in [0.4, 0.5) is 0 Å². The van der Waals surface area contributed by atoms with Crippen LogP contribution in [-0.4, -0.2) is 74.7 Å². The molecule has 0 spiro atoms. The van der Waals surface area contributed by atoms with E-state index in [1.807, 2.05) is 0 Å². The highest BCUT2D eigenvalue weighted by Gasteiger charge is 2.22. The molecule has 0 aromatic carbocycles. The third-order valence-electron chi connectivity index (χ3n) is 5.43. The second-order valence-electron chi connectivity index (χ2n) is 8.41. The van der Waals surface area contributed by atoms with Gasteiger partial charge in [-0.15, -0.1) is 0 Å². The van der Waals surface area contributed by atoms with Crippen LogP contribution in [0.15, 0.2) is 0 Å². The van der Waals surface area contributed by atoms with E-state index in [0.29, 0.717) is 12.1 Å².